The molecule has 0 saturated carbocycles. The third-order valence-corrected chi connectivity index (χ3v) is 7.16. The highest BCUT2D eigenvalue weighted by Crippen LogP contribution is 2.33. The number of aromatic nitrogens is 6. The molecule has 2 aromatic carbocycles. The minimum atomic E-state index is -0.630. The van der Waals surface area contributed by atoms with E-state index in [1.165, 1.54) is 16.6 Å². The summed E-state index contributed by atoms with van der Waals surface area (Å²) in [5.41, 5.74) is 11.2. The number of aromatic amines is 1. The molecule has 6 aromatic rings. The number of rotatable bonds is 6. The second-order valence-electron chi connectivity index (χ2n) is 10.0. The quantitative estimate of drug-likeness (QED) is 0.232. The maximum Gasteiger partial charge on any atom is 0.439 e. The van der Waals surface area contributed by atoms with E-state index in [0.717, 1.165) is 16.7 Å². The van der Waals surface area contributed by atoms with Gasteiger partial charge in [-0.2, -0.15) is 0 Å². The first-order chi connectivity index (χ1) is 20.3. The first-order valence-electron chi connectivity index (χ1n) is 13.1. The van der Waals surface area contributed by atoms with Crippen LogP contribution in [0.4, 0.5) is 5.82 Å². The molecular formula is C28H23N9O5. The molecule has 0 fully saturated rings. The van der Waals surface area contributed by atoms with Gasteiger partial charge in [-0.1, -0.05) is 23.4 Å². The molecule has 1 aliphatic rings. The van der Waals surface area contributed by atoms with Gasteiger partial charge in [-0.05, 0) is 47.7 Å². The van der Waals surface area contributed by atoms with Crippen LogP contribution in [-0.4, -0.2) is 41.5 Å². The summed E-state index contributed by atoms with van der Waals surface area (Å²) in [7, 11) is 0. The van der Waals surface area contributed by atoms with Gasteiger partial charge in [0.25, 0.3) is 11.8 Å². The topological polar surface area (TPSA) is 199 Å². The van der Waals surface area contributed by atoms with E-state index < -0.39 is 17.6 Å². The molecule has 42 heavy (non-hydrogen) atoms. The van der Waals surface area contributed by atoms with Gasteiger partial charge in [0.15, 0.2) is 22.9 Å². The van der Waals surface area contributed by atoms with Crippen molar-refractivity contribution in [2.24, 2.45) is 0 Å². The normalized spacial score (nSPS) is 14.4. The van der Waals surface area contributed by atoms with Crippen molar-refractivity contribution in [3.05, 3.63) is 93.1 Å². The minimum Gasteiger partial charge on any atom is -0.441 e. The zero-order valence-corrected chi connectivity index (χ0v) is 22.2. The molecule has 0 bridgehead atoms. The van der Waals surface area contributed by atoms with E-state index in [9.17, 15) is 14.4 Å². The van der Waals surface area contributed by atoms with Gasteiger partial charge in [0, 0.05) is 31.2 Å². The highest BCUT2D eigenvalue weighted by atomic mass is 16.5. The molecule has 0 saturated heterocycles. The minimum absolute atomic E-state index is 0.0453. The highest BCUT2D eigenvalue weighted by molar-refractivity contribution is 5.98. The van der Waals surface area contributed by atoms with Crippen molar-refractivity contribution in [1.82, 2.24) is 40.4 Å². The molecule has 7 rings (SSSR count). The number of carbonyl (C=O) groups is 2. The van der Waals surface area contributed by atoms with Crippen LogP contribution in [0.3, 0.4) is 0 Å². The first-order valence-corrected chi connectivity index (χ1v) is 13.1. The number of H-pyrrole nitrogens is 1. The Kier molecular flexibility index (Phi) is 5.81. The predicted molar refractivity (Wildman–Crippen MR) is 148 cm³/mol. The van der Waals surface area contributed by atoms with Crippen LogP contribution in [0.1, 0.15) is 56.0 Å². The Morgan fingerprint density at radius 1 is 1.12 bits per heavy atom. The van der Waals surface area contributed by atoms with Crippen molar-refractivity contribution < 1.29 is 18.5 Å². The van der Waals surface area contributed by atoms with Crippen molar-refractivity contribution in [3.63, 3.8) is 0 Å². The number of oxazole rings is 1. The maximum atomic E-state index is 13.6. The van der Waals surface area contributed by atoms with Gasteiger partial charge in [-0.25, -0.2) is 19.3 Å². The molecule has 0 spiro atoms. The average Bonchev–Trinajstić information content (AvgIpc) is 3.75. The van der Waals surface area contributed by atoms with Gasteiger partial charge in [-0.3, -0.25) is 19.1 Å². The Hall–Kier alpha value is -5.79. The Labute approximate surface area is 235 Å². The van der Waals surface area contributed by atoms with Gasteiger partial charge in [0.1, 0.15) is 22.7 Å². The fourth-order valence-electron chi connectivity index (χ4n) is 5.24. The van der Waals surface area contributed by atoms with E-state index >= 15 is 0 Å². The molecule has 0 unspecified atom stereocenters. The van der Waals surface area contributed by atoms with Crippen LogP contribution in [0.5, 0.6) is 0 Å². The first kappa shape index (κ1) is 25.2. The second-order valence-corrected chi connectivity index (χ2v) is 10.0. The van der Waals surface area contributed by atoms with Crippen molar-refractivity contribution in [2.75, 3.05) is 5.73 Å². The van der Waals surface area contributed by atoms with Crippen LogP contribution >= 0.6 is 0 Å². The largest absolute Gasteiger partial charge is 0.441 e. The van der Waals surface area contributed by atoms with Crippen molar-refractivity contribution in [2.45, 2.75) is 32.4 Å². The molecule has 1 aliphatic carbocycles. The molecule has 4 heterocycles. The van der Waals surface area contributed by atoms with E-state index in [2.05, 4.69) is 40.4 Å². The van der Waals surface area contributed by atoms with Crippen LogP contribution in [-0.2, 0) is 13.0 Å². The lowest BCUT2D eigenvalue weighted by molar-refractivity contribution is 0.0929. The Morgan fingerprint density at radius 3 is 2.83 bits per heavy atom. The van der Waals surface area contributed by atoms with Crippen molar-refractivity contribution in [3.8, 4) is 11.4 Å². The van der Waals surface area contributed by atoms with Crippen LogP contribution in [0, 0.1) is 6.92 Å². The van der Waals surface area contributed by atoms with E-state index in [0.29, 0.717) is 41.2 Å². The number of nitrogens with zero attached hydrogens (tertiary/aromatic N) is 5. The number of amides is 2. The molecule has 14 heteroatoms. The number of nitrogen functional groups attached to an aromatic ring is 1. The summed E-state index contributed by atoms with van der Waals surface area (Å²) in [6, 6.07) is 13.7. The third-order valence-electron chi connectivity index (χ3n) is 7.16. The molecule has 210 valence electrons. The molecule has 0 radical (unpaired) electrons. The fraction of sp³-hybridized carbons (Fsp3) is 0.179. The number of carbonyl (C=O) groups excluding carboxylic acids is 2. The molecule has 5 N–H and O–H groups in total. The number of aryl methyl sites for hydroxylation is 2. The molecule has 14 nitrogen and oxygen atoms in total. The van der Waals surface area contributed by atoms with E-state index in [4.69, 9.17) is 10.2 Å². The maximum absolute atomic E-state index is 13.6. The third kappa shape index (κ3) is 4.54. The number of nitrogens with one attached hydrogen (secondary N) is 3. The molecular weight excluding hydrogens is 542 g/mol. The van der Waals surface area contributed by atoms with Crippen molar-refractivity contribution >= 4 is 34.4 Å². The molecule has 4 aromatic heterocycles. The van der Waals surface area contributed by atoms with Crippen LogP contribution in [0.25, 0.3) is 28.1 Å². The summed E-state index contributed by atoms with van der Waals surface area (Å²) < 4.78 is 11.4. The summed E-state index contributed by atoms with van der Waals surface area (Å²) in [6.45, 7) is 1.99. The Bertz CT molecular complexity index is 2090. The number of anilines is 1. The van der Waals surface area contributed by atoms with Gasteiger partial charge in [0.2, 0.25) is 0 Å². The van der Waals surface area contributed by atoms with Crippen LogP contribution in [0.2, 0.25) is 0 Å². The van der Waals surface area contributed by atoms with E-state index in [1.807, 2.05) is 24.3 Å². The average molecular weight is 566 g/mol. The smallest absolute Gasteiger partial charge is 0.439 e. The fourth-order valence-corrected chi connectivity index (χ4v) is 5.24. The zero-order chi connectivity index (χ0) is 29.0. The summed E-state index contributed by atoms with van der Waals surface area (Å²) in [4.78, 5) is 49.3. The molecule has 1 atom stereocenters. The lowest BCUT2D eigenvalue weighted by Crippen LogP contribution is -2.30. The Morgan fingerprint density at radius 2 is 2.00 bits per heavy atom. The van der Waals surface area contributed by atoms with Gasteiger partial charge in [0.05, 0.1) is 6.04 Å². The highest BCUT2D eigenvalue weighted by Gasteiger charge is 2.27. The summed E-state index contributed by atoms with van der Waals surface area (Å²) >= 11 is 0. The number of benzene rings is 2. The van der Waals surface area contributed by atoms with E-state index in [1.54, 1.807) is 19.1 Å². The second kappa shape index (κ2) is 9.69. The molecule has 2 amide bonds. The lowest BCUT2D eigenvalue weighted by atomic mass is 10.0. The van der Waals surface area contributed by atoms with E-state index in [-0.39, 0.29) is 35.4 Å². The van der Waals surface area contributed by atoms with Gasteiger partial charge in [-0.15, -0.1) is 5.10 Å². The Balaban J connectivity index is 1.12. The van der Waals surface area contributed by atoms with Gasteiger partial charge < -0.3 is 20.8 Å². The summed E-state index contributed by atoms with van der Waals surface area (Å²) in [6.07, 6.45) is 1.38. The summed E-state index contributed by atoms with van der Waals surface area (Å²) in [5, 5.41) is 13.8. The summed E-state index contributed by atoms with van der Waals surface area (Å²) in [5.74, 6) is -0.471. The molecule has 0 aliphatic heterocycles. The number of hydrogen-bond donors (Lipinski definition) is 4. The zero-order valence-electron chi connectivity index (χ0n) is 22.2. The number of hydrogen-bond acceptors (Lipinski definition) is 10. The monoisotopic (exact) mass is 565 g/mol. The van der Waals surface area contributed by atoms with Crippen molar-refractivity contribution in [1.29, 1.82) is 0 Å². The predicted octanol–water partition coefficient (Wildman–Crippen LogP) is 2.45. The number of nitrogens with two attached hydrogens (primary N) is 1. The standard InChI is InChI=1S/C28H23N9O5/c1-13-31-19-8-14(2-7-22(19)41-13)12-30-26(38)20-10-21(37-24(32-20)11-23(29)35-37)27(39)33-18-6-4-15-9-16(3-5-17(15)18)25-34-28(40)42-36-25/h2-3,5,7-11,18H,4,6,12H2,1H3,(H2,29,35)(H,30,38)(H,33,39)(H,34,36,40)/t18-/m0/s1. The van der Waals surface area contributed by atoms with Gasteiger partial charge >= 0.3 is 5.76 Å². The lowest BCUT2D eigenvalue weighted by Gasteiger charge is -2.15. The number of fused-ring (bicyclic) bond motifs is 3. The SMILES string of the molecule is Cc1nc2cc(CNC(=O)c3cc(C(=O)N[C@H]4CCc5cc(-c6noc(=O)[nH]6)ccc54)n4nc(N)cc4n3)ccc2o1. The van der Waals surface area contributed by atoms with Crippen LogP contribution < -0.4 is 22.1 Å². The van der Waals surface area contributed by atoms with Crippen LogP contribution in [0.15, 0.2) is 62.3 Å².